The zero-order valence-corrected chi connectivity index (χ0v) is 9.55. The zero-order valence-electron chi connectivity index (χ0n) is 9.55. The lowest BCUT2D eigenvalue weighted by Crippen LogP contribution is -1.84. The van der Waals surface area contributed by atoms with Gasteiger partial charge in [-0.15, -0.1) is 0 Å². The van der Waals surface area contributed by atoms with Gasteiger partial charge in [-0.1, -0.05) is 39.8 Å². The molecule has 1 nitrogen and oxygen atoms in total. The first-order valence-corrected chi connectivity index (χ1v) is 5.17. The maximum absolute atomic E-state index is 11.7. The molecule has 0 aliphatic rings. The minimum Gasteiger partial charge on any atom is -0.508 e. The average Bonchev–Trinajstić information content (AvgIpc) is 2.28. The van der Waals surface area contributed by atoms with E-state index < -0.39 is 0 Å². The molecule has 0 aliphatic carbocycles. The van der Waals surface area contributed by atoms with Crippen LogP contribution in [0.5, 0.6) is 5.75 Å². The van der Waals surface area contributed by atoms with Gasteiger partial charge < -0.3 is 5.11 Å². The Morgan fingerprint density at radius 3 is 1.79 bits per heavy atom. The lowest BCUT2D eigenvalue weighted by molar-refractivity contribution is 0.473. The van der Waals surface area contributed by atoms with Gasteiger partial charge in [-0.2, -0.15) is 0 Å². The van der Waals surface area contributed by atoms with Crippen LogP contribution < -0.4 is 0 Å². The van der Waals surface area contributed by atoms with E-state index in [4.69, 9.17) is 5.11 Å². The molecule has 0 amide bonds. The van der Waals surface area contributed by atoms with Crippen molar-refractivity contribution in [1.29, 1.82) is 0 Å². The Hall–Kier alpha value is -1.05. The van der Waals surface area contributed by atoms with Crippen molar-refractivity contribution in [2.24, 2.45) is 0 Å². The van der Waals surface area contributed by atoms with Crippen LogP contribution >= 0.6 is 0 Å². The van der Waals surface area contributed by atoms with Crippen LogP contribution in [0, 0.1) is 0 Å². The average molecular weight is 200 g/mol. The molecule has 2 heteroatoms. The van der Waals surface area contributed by atoms with E-state index in [1.165, 1.54) is 0 Å². The fraction of sp³-hybridized carbons (Fsp3) is 0.500. The van der Waals surface area contributed by atoms with E-state index in [-0.39, 0.29) is 12.4 Å². The van der Waals surface area contributed by atoms with Crippen molar-refractivity contribution in [3.05, 3.63) is 29.8 Å². The second-order valence-electron chi connectivity index (χ2n) is 2.11. The standard InChI is InChI=1S/C8H9FO.2C2H6/c9-6-5-7-1-3-8(10)4-2-7;2*1-2/h1-4,10H,5-6H2;2*1-2H3. The van der Waals surface area contributed by atoms with Crippen molar-refractivity contribution in [3.63, 3.8) is 0 Å². The van der Waals surface area contributed by atoms with Crippen LogP contribution in [0.3, 0.4) is 0 Å². The molecule has 0 bridgehead atoms. The topological polar surface area (TPSA) is 20.2 Å². The Kier molecular flexibility index (Phi) is 13.2. The molecule has 1 aromatic rings. The number of phenolic OH excluding ortho intramolecular Hbond substituents is 1. The molecule has 0 spiro atoms. The molecular weight excluding hydrogens is 179 g/mol. The molecule has 0 radical (unpaired) electrons. The number of halogens is 1. The summed E-state index contributed by atoms with van der Waals surface area (Å²) in [6.45, 7) is 7.66. The first kappa shape index (κ1) is 15.4. The molecule has 1 rings (SSSR count). The van der Waals surface area contributed by atoms with Crippen LogP contribution in [0.1, 0.15) is 33.3 Å². The number of hydrogen-bond acceptors (Lipinski definition) is 1. The third-order valence-corrected chi connectivity index (χ3v) is 1.32. The van der Waals surface area contributed by atoms with Gasteiger partial charge in [0.2, 0.25) is 0 Å². The SMILES string of the molecule is CC.CC.Oc1ccc(CCF)cc1. The molecule has 0 saturated carbocycles. The Morgan fingerprint density at radius 2 is 1.43 bits per heavy atom. The van der Waals surface area contributed by atoms with Crippen LogP contribution in [0.25, 0.3) is 0 Å². The van der Waals surface area contributed by atoms with Gasteiger partial charge in [-0.3, -0.25) is 4.39 Å². The summed E-state index contributed by atoms with van der Waals surface area (Å²) >= 11 is 0. The van der Waals surface area contributed by atoms with Gasteiger partial charge in [0, 0.05) is 6.42 Å². The Labute approximate surface area is 86.6 Å². The lowest BCUT2D eigenvalue weighted by Gasteiger charge is -1.95. The molecular formula is C12H21FO. The van der Waals surface area contributed by atoms with Crippen molar-refractivity contribution in [3.8, 4) is 5.75 Å². The van der Waals surface area contributed by atoms with E-state index in [0.29, 0.717) is 6.42 Å². The van der Waals surface area contributed by atoms with Gasteiger partial charge in [0.25, 0.3) is 0 Å². The molecule has 0 fully saturated rings. The van der Waals surface area contributed by atoms with Crippen LogP contribution in [0.15, 0.2) is 24.3 Å². The molecule has 0 aromatic heterocycles. The molecule has 0 atom stereocenters. The van der Waals surface area contributed by atoms with Crippen molar-refractivity contribution in [2.45, 2.75) is 34.1 Å². The number of aryl methyl sites for hydroxylation is 1. The van der Waals surface area contributed by atoms with E-state index in [2.05, 4.69) is 0 Å². The van der Waals surface area contributed by atoms with Gasteiger partial charge in [-0.25, -0.2) is 0 Å². The smallest absolute Gasteiger partial charge is 0.115 e. The van der Waals surface area contributed by atoms with Gasteiger partial charge in [0.15, 0.2) is 0 Å². The maximum Gasteiger partial charge on any atom is 0.115 e. The highest BCUT2D eigenvalue weighted by Gasteiger charge is 1.90. The predicted octanol–water partition coefficient (Wildman–Crippen LogP) is 3.96. The maximum atomic E-state index is 11.7. The summed E-state index contributed by atoms with van der Waals surface area (Å²) in [5.74, 6) is 0.225. The summed E-state index contributed by atoms with van der Waals surface area (Å²) in [5.41, 5.74) is 0.917. The number of benzene rings is 1. The molecule has 0 heterocycles. The molecule has 1 aromatic carbocycles. The van der Waals surface area contributed by atoms with Crippen LogP contribution in [0.2, 0.25) is 0 Å². The third-order valence-electron chi connectivity index (χ3n) is 1.32. The summed E-state index contributed by atoms with van der Waals surface area (Å²) in [6.07, 6.45) is 0.431. The van der Waals surface area contributed by atoms with Gasteiger partial charge in [0.1, 0.15) is 5.75 Å². The van der Waals surface area contributed by atoms with E-state index >= 15 is 0 Å². The third kappa shape index (κ3) is 7.59. The summed E-state index contributed by atoms with van der Waals surface area (Å²) in [7, 11) is 0. The van der Waals surface area contributed by atoms with Gasteiger partial charge >= 0.3 is 0 Å². The van der Waals surface area contributed by atoms with E-state index in [1.807, 2.05) is 27.7 Å². The molecule has 82 valence electrons. The summed E-state index contributed by atoms with van der Waals surface area (Å²) in [6, 6.07) is 6.56. The number of aromatic hydroxyl groups is 1. The first-order chi connectivity index (χ1) is 6.83. The zero-order chi connectivity index (χ0) is 11.4. The largest absolute Gasteiger partial charge is 0.508 e. The van der Waals surface area contributed by atoms with E-state index in [9.17, 15) is 4.39 Å². The summed E-state index contributed by atoms with van der Waals surface area (Å²) in [4.78, 5) is 0. The molecule has 0 aliphatic heterocycles. The Balaban J connectivity index is 0. The van der Waals surface area contributed by atoms with Gasteiger partial charge in [-0.05, 0) is 17.7 Å². The normalized spacial score (nSPS) is 7.79. The van der Waals surface area contributed by atoms with Gasteiger partial charge in [0.05, 0.1) is 6.67 Å². The van der Waals surface area contributed by atoms with Crippen molar-refractivity contribution < 1.29 is 9.50 Å². The second-order valence-corrected chi connectivity index (χ2v) is 2.11. The minimum atomic E-state index is -0.342. The van der Waals surface area contributed by atoms with Crippen molar-refractivity contribution >= 4 is 0 Å². The van der Waals surface area contributed by atoms with Crippen LogP contribution in [0.4, 0.5) is 4.39 Å². The van der Waals surface area contributed by atoms with E-state index in [1.54, 1.807) is 24.3 Å². The first-order valence-electron chi connectivity index (χ1n) is 5.17. The fourth-order valence-electron chi connectivity index (χ4n) is 0.772. The minimum absolute atomic E-state index is 0.225. The highest BCUT2D eigenvalue weighted by Crippen LogP contribution is 2.09. The molecule has 14 heavy (non-hydrogen) atoms. The molecule has 0 unspecified atom stereocenters. The highest BCUT2D eigenvalue weighted by molar-refractivity contribution is 5.25. The summed E-state index contributed by atoms with van der Waals surface area (Å²) in [5, 5.41) is 8.83. The molecule has 1 N–H and O–H groups in total. The Bertz CT molecular complexity index is 194. The predicted molar refractivity (Wildman–Crippen MR) is 60.5 cm³/mol. The fourth-order valence-corrected chi connectivity index (χ4v) is 0.772. The van der Waals surface area contributed by atoms with Crippen molar-refractivity contribution in [2.75, 3.05) is 6.67 Å². The number of hydrogen-bond donors (Lipinski definition) is 1. The second kappa shape index (κ2) is 11.9. The number of alkyl halides is 1. The van der Waals surface area contributed by atoms with E-state index in [0.717, 1.165) is 5.56 Å². The lowest BCUT2D eigenvalue weighted by atomic mass is 10.2. The highest BCUT2D eigenvalue weighted by atomic mass is 19.1. The number of phenols is 1. The van der Waals surface area contributed by atoms with Crippen LogP contribution in [-0.2, 0) is 6.42 Å². The molecule has 0 saturated heterocycles. The monoisotopic (exact) mass is 200 g/mol. The van der Waals surface area contributed by atoms with Crippen LogP contribution in [-0.4, -0.2) is 11.8 Å². The Morgan fingerprint density at radius 1 is 1.00 bits per heavy atom. The van der Waals surface area contributed by atoms with Crippen molar-refractivity contribution in [1.82, 2.24) is 0 Å². The number of rotatable bonds is 2. The summed E-state index contributed by atoms with van der Waals surface area (Å²) < 4.78 is 11.7. The quantitative estimate of drug-likeness (QED) is 0.766.